The molecule has 2 amide bonds. The van der Waals surface area contributed by atoms with Gasteiger partial charge in [0.05, 0.1) is 15.2 Å². The number of carbonyl (C=O) groups excluding carboxylic acids is 2. The van der Waals surface area contributed by atoms with Crippen LogP contribution in [0.15, 0.2) is 14.3 Å². The molecule has 8 heteroatoms. The van der Waals surface area contributed by atoms with E-state index in [1.807, 2.05) is 0 Å². The number of hydrogen-bond acceptors (Lipinski definition) is 4. The maximum atomic E-state index is 12.2. The van der Waals surface area contributed by atoms with E-state index in [1.54, 1.807) is 18.0 Å². The topological polar surface area (TPSA) is 52.7 Å². The predicted molar refractivity (Wildman–Crippen MR) is 86.1 cm³/mol. The maximum Gasteiger partial charge on any atom is 0.264 e. The zero-order chi connectivity index (χ0) is 14.7. The summed E-state index contributed by atoms with van der Waals surface area (Å²) in [6, 6.07) is 1.77. The normalized spacial score (nSPS) is 15.2. The average molecular weight is 425 g/mol. The Labute approximate surface area is 138 Å². The van der Waals surface area contributed by atoms with Crippen molar-refractivity contribution in [2.24, 2.45) is 0 Å². The smallest absolute Gasteiger partial charge is 0.264 e. The molecule has 110 valence electrons. The lowest BCUT2D eigenvalue weighted by atomic mass is 10.3. The van der Waals surface area contributed by atoms with Crippen LogP contribution in [0.2, 0.25) is 0 Å². The van der Waals surface area contributed by atoms with Crippen LogP contribution in [0.4, 0.5) is 0 Å². The fourth-order valence-corrected chi connectivity index (χ4v) is 3.96. The number of halogens is 2. The van der Waals surface area contributed by atoms with Crippen LogP contribution >= 0.6 is 43.2 Å². The molecule has 0 atom stereocenters. The highest BCUT2D eigenvalue weighted by Gasteiger charge is 2.22. The number of rotatable bonds is 3. The Kier molecular flexibility index (Phi) is 5.59. The molecule has 1 aliphatic heterocycles. The van der Waals surface area contributed by atoms with Crippen LogP contribution in [0.1, 0.15) is 9.67 Å². The van der Waals surface area contributed by atoms with Gasteiger partial charge in [-0.15, -0.1) is 11.3 Å². The largest absolute Gasteiger partial charge is 0.339 e. The summed E-state index contributed by atoms with van der Waals surface area (Å²) in [6.45, 7) is 3.16. The summed E-state index contributed by atoms with van der Waals surface area (Å²) in [5.41, 5.74) is 0. The van der Waals surface area contributed by atoms with Crippen LogP contribution in [-0.4, -0.2) is 61.4 Å². The minimum absolute atomic E-state index is 0.00274. The molecule has 0 spiro atoms. The van der Waals surface area contributed by atoms with Crippen LogP contribution in [-0.2, 0) is 4.79 Å². The highest BCUT2D eigenvalue weighted by molar-refractivity contribution is 9.13. The Morgan fingerprint density at radius 2 is 2.05 bits per heavy atom. The highest BCUT2D eigenvalue weighted by atomic mass is 79.9. The van der Waals surface area contributed by atoms with E-state index in [9.17, 15) is 9.59 Å². The monoisotopic (exact) mass is 423 g/mol. The third-order valence-electron chi connectivity index (χ3n) is 3.04. The molecule has 0 aliphatic carbocycles. The molecule has 1 N–H and O–H groups in total. The zero-order valence-corrected chi connectivity index (χ0v) is 15.0. The SMILES string of the molecule is CN(CC(=O)N1CCNCC1)C(=O)c1cc(Br)c(Br)s1. The lowest BCUT2D eigenvalue weighted by molar-refractivity contribution is -0.132. The molecule has 0 aromatic carbocycles. The number of hydrogen-bond donors (Lipinski definition) is 1. The summed E-state index contributed by atoms with van der Waals surface area (Å²) in [5, 5.41) is 3.20. The van der Waals surface area contributed by atoms with Gasteiger partial charge in [-0.05, 0) is 37.9 Å². The lowest BCUT2D eigenvalue weighted by Gasteiger charge is -2.29. The van der Waals surface area contributed by atoms with Gasteiger partial charge in [0.2, 0.25) is 5.91 Å². The zero-order valence-electron chi connectivity index (χ0n) is 11.0. The van der Waals surface area contributed by atoms with Gasteiger partial charge in [-0.3, -0.25) is 9.59 Å². The lowest BCUT2D eigenvalue weighted by Crippen LogP contribution is -2.49. The first-order valence-electron chi connectivity index (χ1n) is 6.18. The number of likely N-dealkylation sites (N-methyl/N-ethyl adjacent to an activating group) is 1. The van der Waals surface area contributed by atoms with Crippen molar-refractivity contribution >= 4 is 55.0 Å². The number of nitrogens with one attached hydrogen (secondary N) is 1. The molecule has 5 nitrogen and oxygen atoms in total. The van der Waals surface area contributed by atoms with E-state index in [0.717, 1.165) is 21.3 Å². The number of piperazine rings is 1. The van der Waals surface area contributed by atoms with Crippen molar-refractivity contribution in [1.82, 2.24) is 15.1 Å². The predicted octanol–water partition coefficient (Wildman–Crippen LogP) is 1.78. The summed E-state index contributed by atoms with van der Waals surface area (Å²) in [4.78, 5) is 28.2. The molecule has 1 aliphatic rings. The second kappa shape index (κ2) is 7.02. The molecule has 0 bridgehead atoms. The number of carbonyl (C=O) groups is 2. The minimum atomic E-state index is -0.134. The van der Waals surface area contributed by atoms with E-state index in [2.05, 4.69) is 37.2 Å². The molecule has 2 heterocycles. The quantitative estimate of drug-likeness (QED) is 0.804. The Hall–Kier alpha value is -0.440. The third kappa shape index (κ3) is 3.81. The van der Waals surface area contributed by atoms with Gasteiger partial charge in [0.1, 0.15) is 0 Å². The van der Waals surface area contributed by atoms with E-state index in [-0.39, 0.29) is 18.4 Å². The Bertz CT molecular complexity index is 495. The number of amides is 2. The van der Waals surface area contributed by atoms with E-state index < -0.39 is 0 Å². The molecule has 0 unspecified atom stereocenters. The van der Waals surface area contributed by atoms with Crippen LogP contribution < -0.4 is 5.32 Å². The summed E-state index contributed by atoms with van der Waals surface area (Å²) in [6.07, 6.45) is 0. The fourth-order valence-electron chi connectivity index (χ4n) is 1.93. The Morgan fingerprint density at radius 3 is 2.60 bits per heavy atom. The summed E-state index contributed by atoms with van der Waals surface area (Å²) in [5.74, 6) is -0.137. The second-order valence-corrected chi connectivity index (χ2v) is 7.75. The van der Waals surface area contributed by atoms with Gasteiger partial charge in [-0.25, -0.2) is 0 Å². The van der Waals surface area contributed by atoms with Gasteiger partial charge in [0, 0.05) is 37.7 Å². The molecular formula is C12H15Br2N3O2S. The van der Waals surface area contributed by atoms with E-state index in [0.29, 0.717) is 18.0 Å². The molecule has 0 radical (unpaired) electrons. The molecule has 1 aromatic heterocycles. The van der Waals surface area contributed by atoms with Gasteiger partial charge in [0.15, 0.2) is 0 Å². The Morgan fingerprint density at radius 1 is 1.40 bits per heavy atom. The van der Waals surface area contributed by atoms with E-state index in [1.165, 1.54) is 16.2 Å². The first kappa shape index (κ1) is 15.9. The molecule has 0 saturated carbocycles. The summed E-state index contributed by atoms with van der Waals surface area (Å²) < 4.78 is 1.73. The van der Waals surface area contributed by atoms with Crippen molar-refractivity contribution in [2.45, 2.75) is 0 Å². The van der Waals surface area contributed by atoms with Gasteiger partial charge in [0.25, 0.3) is 5.91 Å². The van der Waals surface area contributed by atoms with E-state index >= 15 is 0 Å². The first-order valence-corrected chi connectivity index (χ1v) is 8.58. The maximum absolute atomic E-state index is 12.2. The van der Waals surface area contributed by atoms with Crippen molar-refractivity contribution in [1.29, 1.82) is 0 Å². The van der Waals surface area contributed by atoms with Crippen LogP contribution in [0.25, 0.3) is 0 Å². The summed E-state index contributed by atoms with van der Waals surface area (Å²) >= 11 is 8.08. The van der Waals surface area contributed by atoms with Crippen molar-refractivity contribution < 1.29 is 9.59 Å². The van der Waals surface area contributed by atoms with Crippen LogP contribution in [0.3, 0.4) is 0 Å². The van der Waals surface area contributed by atoms with Gasteiger partial charge in [-0.2, -0.15) is 0 Å². The van der Waals surface area contributed by atoms with Gasteiger partial charge in [-0.1, -0.05) is 0 Å². The minimum Gasteiger partial charge on any atom is -0.339 e. The highest BCUT2D eigenvalue weighted by Crippen LogP contribution is 2.32. The molecule has 1 fully saturated rings. The molecule has 20 heavy (non-hydrogen) atoms. The van der Waals surface area contributed by atoms with Crippen molar-refractivity contribution in [3.63, 3.8) is 0 Å². The Balaban J connectivity index is 1.95. The van der Waals surface area contributed by atoms with Gasteiger partial charge < -0.3 is 15.1 Å². The average Bonchev–Trinajstić information content (AvgIpc) is 2.78. The fraction of sp³-hybridized carbons (Fsp3) is 0.500. The summed E-state index contributed by atoms with van der Waals surface area (Å²) in [7, 11) is 1.66. The molecule has 2 rings (SSSR count). The standard InChI is InChI=1S/C12H15Br2N3O2S/c1-16(7-10(18)17-4-2-15-3-5-17)12(19)9-6-8(13)11(14)20-9/h6,15H,2-5,7H2,1H3. The second-order valence-electron chi connectivity index (χ2n) is 4.52. The first-order chi connectivity index (χ1) is 9.49. The third-order valence-corrected chi connectivity index (χ3v) is 6.29. The van der Waals surface area contributed by atoms with Crippen LogP contribution in [0, 0.1) is 0 Å². The van der Waals surface area contributed by atoms with Crippen molar-refractivity contribution in [2.75, 3.05) is 39.8 Å². The van der Waals surface area contributed by atoms with Crippen molar-refractivity contribution in [3.05, 3.63) is 19.2 Å². The van der Waals surface area contributed by atoms with E-state index in [4.69, 9.17) is 0 Å². The number of thiophene rings is 1. The molecule has 1 saturated heterocycles. The van der Waals surface area contributed by atoms with Crippen LogP contribution in [0.5, 0.6) is 0 Å². The molecule has 1 aromatic rings. The van der Waals surface area contributed by atoms with Crippen molar-refractivity contribution in [3.8, 4) is 0 Å². The number of nitrogens with zero attached hydrogens (tertiary/aromatic N) is 2. The van der Waals surface area contributed by atoms with Gasteiger partial charge >= 0.3 is 0 Å². The molecular weight excluding hydrogens is 410 g/mol.